The highest BCUT2D eigenvalue weighted by molar-refractivity contribution is 4.78. The van der Waals surface area contributed by atoms with E-state index in [1.807, 2.05) is 6.08 Å². The van der Waals surface area contributed by atoms with Crippen molar-refractivity contribution in [3.8, 4) is 0 Å². The Morgan fingerprint density at radius 3 is 2.67 bits per heavy atom. The van der Waals surface area contributed by atoms with E-state index in [1.165, 1.54) is 19.3 Å². The van der Waals surface area contributed by atoms with Crippen LogP contribution in [0.25, 0.3) is 0 Å². The zero-order chi connectivity index (χ0) is 7.11. The molecule has 0 saturated carbocycles. The van der Waals surface area contributed by atoms with Crippen molar-refractivity contribution in [3.63, 3.8) is 0 Å². The molecule has 0 heterocycles. The molecule has 0 amide bonds. The van der Waals surface area contributed by atoms with Crippen molar-refractivity contribution < 1.29 is 5.11 Å². The third kappa shape index (κ3) is 5.41. The summed E-state index contributed by atoms with van der Waals surface area (Å²) in [5.74, 6) is 0.537. The lowest BCUT2D eigenvalue weighted by molar-refractivity contribution is 0.461. The molecule has 0 bridgehead atoms. The Hall–Kier alpha value is -0.460. The number of rotatable bonds is 4. The van der Waals surface area contributed by atoms with Gasteiger partial charge in [0.25, 0.3) is 0 Å². The van der Waals surface area contributed by atoms with Crippen molar-refractivity contribution in [3.05, 3.63) is 12.3 Å². The maximum Gasteiger partial charge on any atom is 0.0754 e. The van der Waals surface area contributed by atoms with Gasteiger partial charge in [0, 0.05) is 0 Å². The Morgan fingerprint density at radius 1 is 1.56 bits per heavy atom. The summed E-state index contributed by atoms with van der Waals surface area (Å²) >= 11 is 0. The first-order valence-corrected chi connectivity index (χ1v) is 3.62. The Morgan fingerprint density at radius 2 is 2.22 bits per heavy atom. The fourth-order valence-corrected chi connectivity index (χ4v) is 0.769. The summed E-state index contributed by atoms with van der Waals surface area (Å²) in [6.07, 6.45) is 6.65. The number of allylic oxidation sites excluding steroid dienone is 1. The summed E-state index contributed by atoms with van der Waals surface area (Å²) in [5.41, 5.74) is 0. The van der Waals surface area contributed by atoms with Crippen LogP contribution < -0.4 is 0 Å². The summed E-state index contributed by atoms with van der Waals surface area (Å²) < 4.78 is 0. The van der Waals surface area contributed by atoms with Crippen molar-refractivity contribution in [2.24, 2.45) is 5.92 Å². The molecule has 0 fully saturated rings. The Bertz CT molecular complexity index is 76.6. The lowest BCUT2D eigenvalue weighted by atomic mass is 10.1. The van der Waals surface area contributed by atoms with Crippen LogP contribution in [-0.4, -0.2) is 5.11 Å². The summed E-state index contributed by atoms with van der Waals surface area (Å²) in [4.78, 5) is 0. The molecule has 0 aliphatic rings. The molecule has 0 rings (SSSR count). The normalized spacial score (nSPS) is 14.4. The number of unbranched alkanes of at least 4 members (excludes halogenated alkanes) is 1. The van der Waals surface area contributed by atoms with E-state index in [-0.39, 0.29) is 0 Å². The minimum Gasteiger partial charge on any atom is -0.516 e. The van der Waals surface area contributed by atoms with Gasteiger partial charge in [-0.1, -0.05) is 26.7 Å². The molecule has 0 radical (unpaired) electrons. The van der Waals surface area contributed by atoms with E-state index in [1.54, 1.807) is 0 Å². The van der Waals surface area contributed by atoms with Gasteiger partial charge in [0.15, 0.2) is 0 Å². The molecule has 0 saturated heterocycles. The highest BCUT2D eigenvalue weighted by Crippen LogP contribution is 2.07. The summed E-state index contributed by atoms with van der Waals surface area (Å²) in [7, 11) is 0. The summed E-state index contributed by atoms with van der Waals surface area (Å²) in [6.45, 7) is 4.29. The average molecular weight is 128 g/mol. The average Bonchev–Trinajstić information content (AvgIpc) is 1.85. The molecule has 0 aliphatic heterocycles. The molecule has 0 aromatic rings. The molecule has 9 heavy (non-hydrogen) atoms. The second kappa shape index (κ2) is 5.67. The van der Waals surface area contributed by atoms with E-state index in [0.717, 1.165) is 6.26 Å². The van der Waals surface area contributed by atoms with Crippen molar-refractivity contribution in [1.29, 1.82) is 0 Å². The third-order valence-electron chi connectivity index (χ3n) is 1.43. The van der Waals surface area contributed by atoms with Crippen LogP contribution in [0.1, 0.15) is 33.1 Å². The number of hydrogen-bond acceptors (Lipinski definition) is 1. The van der Waals surface area contributed by atoms with E-state index < -0.39 is 0 Å². The van der Waals surface area contributed by atoms with Crippen LogP contribution >= 0.6 is 0 Å². The van der Waals surface area contributed by atoms with Gasteiger partial charge in [-0.15, -0.1) is 0 Å². The highest BCUT2D eigenvalue weighted by Gasteiger charge is 1.93. The maximum atomic E-state index is 8.36. The zero-order valence-corrected chi connectivity index (χ0v) is 6.30. The van der Waals surface area contributed by atoms with Gasteiger partial charge in [0.2, 0.25) is 0 Å². The predicted molar refractivity (Wildman–Crippen MR) is 40.5 cm³/mol. The Kier molecular flexibility index (Phi) is 5.38. The highest BCUT2D eigenvalue weighted by atomic mass is 16.2. The maximum absolute atomic E-state index is 8.36. The number of hydrogen-bond donors (Lipinski definition) is 1. The second-order valence-corrected chi connectivity index (χ2v) is 2.46. The predicted octanol–water partition coefficient (Wildman–Crippen LogP) is 2.88. The van der Waals surface area contributed by atoms with Gasteiger partial charge in [-0.3, -0.25) is 0 Å². The topological polar surface area (TPSA) is 20.2 Å². The molecule has 0 aromatic carbocycles. The van der Waals surface area contributed by atoms with Crippen LogP contribution in [0.3, 0.4) is 0 Å². The fraction of sp³-hybridized carbons (Fsp3) is 0.750. The molecule has 1 nitrogen and oxygen atoms in total. The van der Waals surface area contributed by atoms with Crippen LogP contribution in [-0.2, 0) is 0 Å². The van der Waals surface area contributed by atoms with E-state index in [4.69, 9.17) is 5.11 Å². The van der Waals surface area contributed by atoms with Crippen molar-refractivity contribution >= 4 is 0 Å². The minimum absolute atomic E-state index is 0.537. The van der Waals surface area contributed by atoms with Gasteiger partial charge < -0.3 is 5.11 Å². The van der Waals surface area contributed by atoms with Crippen LogP contribution in [0.15, 0.2) is 12.3 Å². The van der Waals surface area contributed by atoms with E-state index in [0.29, 0.717) is 5.92 Å². The molecule has 0 spiro atoms. The lowest BCUT2D eigenvalue weighted by Gasteiger charge is -2.01. The standard InChI is InChI=1S/C8H16O/c1-3-4-5-8(2)6-7-9/h6-9H,3-5H2,1-2H3/b7-6+. The van der Waals surface area contributed by atoms with Crippen LogP contribution in [0.4, 0.5) is 0 Å². The van der Waals surface area contributed by atoms with Gasteiger partial charge >= 0.3 is 0 Å². The van der Waals surface area contributed by atoms with E-state index in [2.05, 4.69) is 13.8 Å². The molecule has 1 atom stereocenters. The fourth-order valence-electron chi connectivity index (χ4n) is 0.769. The third-order valence-corrected chi connectivity index (χ3v) is 1.43. The first-order valence-electron chi connectivity index (χ1n) is 3.62. The SMILES string of the molecule is CCCCC(C)/C=C/O. The molecular formula is C8H16O. The van der Waals surface area contributed by atoms with E-state index in [9.17, 15) is 0 Å². The largest absolute Gasteiger partial charge is 0.516 e. The first kappa shape index (κ1) is 8.54. The van der Waals surface area contributed by atoms with Gasteiger partial charge in [0.1, 0.15) is 0 Å². The van der Waals surface area contributed by atoms with Gasteiger partial charge in [0.05, 0.1) is 6.26 Å². The van der Waals surface area contributed by atoms with Crippen LogP contribution in [0, 0.1) is 5.92 Å². The van der Waals surface area contributed by atoms with Gasteiger partial charge in [-0.05, 0) is 18.4 Å². The molecule has 1 unspecified atom stereocenters. The zero-order valence-electron chi connectivity index (χ0n) is 6.30. The number of aliphatic hydroxyl groups is 1. The monoisotopic (exact) mass is 128 g/mol. The molecular weight excluding hydrogens is 112 g/mol. The quantitative estimate of drug-likeness (QED) is 0.577. The minimum atomic E-state index is 0.537. The second-order valence-electron chi connectivity index (χ2n) is 2.46. The van der Waals surface area contributed by atoms with Crippen LogP contribution in [0.5, 0.6) is 0 Å². The molecule has 0 aromatic heterocycles. The van der Waals surface area contributed by atoms with E-state index >= 15 is 0 Å². The van der Waals surface area contributed by atoms with Crippen molar-refractivity contribution in [2.45, 2.75) is 33.1 Å². The molecule has 0 aliphatic carbocycles. The van der Waals surface area contributed by atoms with Crippen molar-refractivity contribution in [2.75, 3.05) is 0 Å². The van der Waals surface area contributed by atoms with Crippen molar-refractivity contribution in [1.82, 2.24) is 0 Å². The molecule has 1 heteroatoms. The first-order chi connectivity index (χ1) is 4.31. The number of aliphatic hydroxyl groups excluding tert-OH is 1. The molecule has 54 valence electrons. The summed E-state index contributed by atoms with van der Waals surface area (Å²) in [6, 6.07) is 0. The van der Waals surface area contributed by atoms with Crippen LogP contribution in [0.2, 0.25) is 0 Å². The summed E-state index contributed by atoms with van der Waals surface area (Å²) in [5, 5.41) is 8.36. The smallest absolute Gasteiger partial charge is 0.0754 e. The Labute approximate surface area is 57.4 Å². The lowest BCUT2D eigenvalue weighted by Crippen LogP contribution is -1.87. The Balaban J connectivity index is 3.15. The van der Waals surface area contributed by atoms with Gasteiger partial charge in [-0.25, -0.2) is 0 Å². The van der Waals surface area contributed by atoms with Gasteiger partial charge in [-0.2, -0.15) is 0 Å². The molecule has 1 N–H and O–H groups in total.